The SMILES string of the molecule is Cc1c(OC(=O)O)cc(-c2ccc(Br)cc2)nc1-c1ccc(Cl)cc1. The Morgan fingerprint density at radius 1 is 1.08 bits per heavy atom. The van der Waals surface area contributed by atoms with Crippen molar-refractivity contribution in [2.75, 3.05) is 0 Å². The van der Waals surface area contributed by atoms with Gasteiger partial charge in [-0.25, -0.2) is 9.78 Å². The van der Waals surface area contributed by atoms with Gasteiger partial charge in [-0.15, -0.1) is 0 Å². The van der Waals surface area contributed by atoms with E-state index in [0.717, 1.165) is 15.6 Å². The number of nitrogens with zero attached hydrogens (tertiary/aromatic N) is 1. The van der Waals surface area contributed by atoms with Crippen LogP contribution in [0, 0.1) is 6.92 Å². The van der Waals surface area contributed by atoms with Gasteiger partial charge in [0.25, 0.3) is 0 Å². The summed E-state index contributed by atoms with van der Waals surface area (Å²) in [7, 11) is 0. The lowest BCUT2D eigenvalue weighted by atomic mass is 10.0. The van der Waals surface area contributed by atoms with E-state index in [-0.39, 0.29) is 5.75 Å². The van der Waals surface area contributed by atoms with Crippen molar-refractivity contribution in [1.29, 1.82) is 0 Å². The Kier molecular flexibility index (Phi) is 5.06. The summed E-state index contributed by atoms with van der Waals surface area (Å²) in [5.74, 6) is 0.255. The van der Waals surface area contributed by atoms with Crippen molar-refractivity contribution in [3.8, 4) is 28.3 Å². The normalized spacial score (nSPS) is 10.5. The Morgan fingerprint density at radius 2 is 1.68 bits per heavy atom. The highest BCUT2D eigenvalue weighted by Gasteiger charge is 2.15. The second-order valence-electron chi connectivity index (χ2n) is 5.36. The molecule has 0 aliphatic carbocycles. The fourth-order valence-electron chi connectivity index (χ4n) is 2.44. The van der Waals surface area contributed by atoms with Gasteiger partial charge in [-0.1, -0.05) is 51.8 Å². The van der Waals surface area contributed by atoms with Crippen molar-refractivity contribution in [1.82, 2.24) is 4.98 Å². The molecule has 6 heteroatoms. The third-order valence-electron chi connectivity index (χ3n) is 3.68. The molecule has 1 heterocycles. The zero-order valence-corrected chi connectivity index (χ0v) is 15.5. The van der Waals surface area contributed by atoms with E-state index < -0.39 is 6.16 Å². The van der Waals surface area contributed by atoms with Crippen molar-refractivity contribution >= 4 is 33.7 Å². The first-order valence-electron chi connectivity index (χ1n) is 7.38. The third-order valence-corrected chi connectivity index (χ3v) is 4.46. The summed E-state index contributed by atoms with van der Waals surface area (Å²) in [6.07, 6.45) is -1.36. The molecule has 0 atom stereocenters. The Morgan fingerprint density at radius 3 is 2.28 bits per heavy atom. The zero-order chi connectivity index (χ0) is 18.0. The number of rotatable bonds is 3. The number of ether oxygens (including phenoxy) is 1. The first-order chi connectivity index (χ1) is 11.9. The fraction of sp³-hybridized carbons (Fsp3) is 0.0526. The van der Waals surface area contributed by atoms with Gasteiger partial charge in [-0.05, 0) is 31.2 Å². The van der Waals surface area contributed by atoms with Crippen LogP contribution in [0.1, 0.15) is 5.56 Å². The van der Waals surface area contributed by atoms with Crippen LogP contribution >= 0.6 is 27.5 Å². The lowest BCUT2D eigenvalue weighted by Crippen LogP contribution is -2.06. The van der Waals surface area contributed by atoms with Gasteiger partial charge in [-0.2, -0.15) is 0 Å². The number of halogens is 2. The Bertz CT molecular complexity index is 925. The van der Waals surface area contributed by atoms with Crippen molar-refractivity contribution in [2.45, 2.75) is 6.92 Å². The predicted octanol–water partition coefficient (Wildman–Crippen LogP) is 6.20. The summed E-state index contributed by atoms with van der Waals surface area (Å²) in [6, 6.07) is 16.4. The van der Waals surface area contributed by atoms with E-state index in [1.54, 1.807) is 25.1 Å². The molecule has 0 bridgehead atoms. The van der Waals surface area contributed by atoms with E-state index >= 15 is 0 Å². The summed E-state index contributed by atoms with van der Waals surface area (Å²) in [5, 5.41) is 9.64. The Labute approximate surface area is 158 Å². The number of benzene rings is 2. The summed E-state index contributed by atoms with van der Waals surface area (Å²) in [5.41, 5.74) is 3.60. The van der Waals surface area contributed by atoms with Gasteiger partial charge in [0.15, 0.2) is 0 Å². The molecule has 0 aliphatic rings. The molecule has 4 nitrogen and oxygen atoms in total. The first kappa shape index (κ1) is 17.5. The van der Waals surface area contributed by atoms with Crippen molar-refractivity contribution < 1.29 is 14.6 Å². The summed E-state index contributed by atoms with van der Waals surface area (Å²) in [4.78, 5) is 15.7. The first-order valence-corrected chi connectivity index (χ1v) is 8.55. The highest BCUT2D eigenvalue weighted by atomic mass is 79.9. The molecule has 0 aliphatic heterocycles. The minimum absolute atomic E-state index is 0.255. The maximum atomic E-state index is 11.0. The molecule has 25 heavy (non-hydrogen) atoms. The molecule has 0 radical (unpaired) electrons. The molecular weight excluding hydrogens is 406 g/mol. The van der Waals surface area contributed by atoms with Gasteiger partial charge in [0.05, 0.1) is 11.4 Å². The lowest BCUT2D eigenvalue weighted by molar-refractivity contribution is 0.144. The van der Waals surface area contributed by atoms with Crippen LogP contribution in [0.3, 0.4) is 0 Å². The summed E-state index contributed by atoms with van der Waals surface area (Å²) in [6.45, 7) is 1.78. The maximum Gasteiger partial charge on any atom is 0.511 e. The number of hydrogen-bond acceptors (Lipinski definition) is 3. The summed E-state index contributed by atoms with van der Waals surface area (Å²) >= 11 is 9.35. The monoisotopic (exact) mass is 417 g/mol. The Balaban J connectivity index is 2.18. The van der Waals surface area contributed by atoms with Crippen LogP contribution in [0.25, 0.3) is 22.5 Å². The van der Waals surface area contributed by atoms with E-state index in [4.69, 9.17) is 26.4 Å². The number of hydrogen-bond donors (Lipinski definition) is 1. The topological polar surface area (TPSA) is 59.4 Å². The predicted molar refractivity (Wildman–Crippen MR) is 101 cm³/mol. The zero-order valence-electron chi connectivity index (χ0n) is 13.2. The van der Waals surface area contributed by atoms with Crippen molar-refractivity contribution in [2.24, 2.45) is 0 Å². The second-order valence-corrected chi connectivity index (χ2v) is 6.71. The highest BCUT2D eigenvalue weighted by molar-refractivity contribution is 9.10. The standard InChI is InChI=1S/C19H13BrClNO3/c1-11-17(25-19(23)24)10-16(12-2-6-14(20)7-3-12)22-18(11)13-4-8-15(21)9-5-13/h2-10H,1H3,(H,23,24). The fourth-order valence-corrected chi connectivity index (χ4v) is 2.83. The van der Waals surface area contributed by atoms with Crippen LogP contribution in [0.15, 0.2) is 59.1 Å². The number of aromatic nitrogens is 1. The molecule has 0 spiro atoms. The molecule has 126 valence electrons. The molecular formula is C19H13BrClNO3. The van der Waals surface area contributed by atoms with Crippen LogP contribution in [0.2, 0.25) is 5.02 Å². The smallest absolute Gasteiger partial charge is 0.449 e. The molecule has 3 rings (SSSR count). The number of pyridine rings is 1. The van der Waals surface area contributed by atoms with Crippen LogP contribution in [0.5, 0.6) is 5.75 Å². The molecule has 0 fully saturated rings. The van der Waals surface area contributed by atoms with Crippen LogP contribution in [-0.4, -0.2) is 16.2 Å². The van der Waals surface area contributed by atoms with E-state index in [0.29, 0.717) is 22.0 Å². The van der Waals surface area contributed by atoms with Gasteiger partial charge in [0, 0.05) is 32.3 Å². The molecule has 0 unspecified atom stereocenters. The van der Waals surface area contributed by atoms with E-state index in [2.05, 4.69) is 15.9 Å². The van der Waals surface area contributed by atoms with Crippen LogP contribution < -0.4 is 4.74 Å². The van der Waals surface area contributed by atoms with Crippen molar-refractivity contribution in [3.05, 3.63) is 69.7 Å². The van der Waals surface area contributed by atoms with Gasteiger partial charge in [0.1, 0.15) is 5.75 Å². The molecule has 3 aromatic rings. The average molecular weight is 419 g/mol. The molecule has 0 saturated carbocycles. The van der Waals surface area contributed by atoms with E-state index in [1.165, 1.54) is 0 Å². The van der Waals surface area contributed by atoms with Crippen LogP contribution in [-0.2, 0) is 0 Å². The van der Waals surface area contributed by atoms with Gasteiger partial charge >= 0.3 is 6.16 Å². The molecule has 0 saturated heterocycles. The second kappa shape index (κ2) is 7.25. The van der Waals surface area contributed by atoms with Gasteiger partial charge in [-0.3, -0.25) is 0 Å². The number of carbonyl (C=O) groups is 1. The molecule has 0 amide bonds. The average Bonchev–Trinajstić information content (AvgIpc) is 2.58. The third kappa shape index (κ3) is 4.00. The largest absolute Gasteiger partial charge is 0.511 e. The van der Waals surface area contributed by atoms with Crippen LogP contribution in [0.4, 0.5) is 4.79 Å². The minimum atomic E-state index is -1.36. The summed E-state index contributed by atoms with van der Waals surface area (Å²) < 4.78 is 5.91. The highest BCUT2D eigenvalue weighted by Crippen LogP contribution is 2.33. The quantitative estimate of drug-likeness (QED) is 0.515. The molecule has 1 N–H and O–H groups in total. The molecule has 2 aromatic carbocycles. The van der Waals surface area contributed by atoms with Gasteiger partial charge in [0.2, 0.25) is 0 Å². The molecule has 1 aromatic heterocycles. The Hall–Kier alpha value is -2.37. The van der Waals surface area contributed by atoms with E-state index in [9.17, 15) is 4.79 Å². The van der Waals surface area contributed by atoms with Crippen molar-refractivity contribution in [3.63, 3.8) is 0 Å². The minimum Gasteiger partial charge on any atom is -0.449 e. The van der Waals surface area contributed by atoms with E-state index in [1.807, 2.05) is 36.4 Å². The number of carboxylic acid groups (broad SMARTS) is 1. The van der Waals surface area contributed by atoms with Gasteiger partial charge < -0.3 is 9.84 Å². The maximum absolute atomic E-state index is 11.0. The lowest BCUT2D eigenvalue weighted by Gasteiger charge is -2.13.